The molecule has 1 saturated carbocycles. The van der Waals surface area contributed by atoms with E-state index in [1.165, 1.54) is 6.08 Å². The third-order valence-electron chi connectivity index (χ3n) is 4.73. The monoisotopic (exact) mass is 418 g/mol. The lowest BCUT2D eigenvalue weighted by Crippen LogP contribution is -2.31. The molecule has 0 atom stereocenters. The van der Waals surface area contributed by atoms with Crippen molar-refractivity contribution < 1.29 is 13.2 Å². The van der Waals surface area contributed by atoms with Gasteiger partial charge in [0.15, 0.2) is 0 Å². The average molecular weight is 419 g/mol. The van der Waals surface area contributed by atoms with E-state index in [9.17, 15) is 13.2 Å². The Morgan fingerprint density at radius 1 is 1.32 bits per heavy atom. The molecular weight excluding hydrogens is 400 g/mol. The minimum absolute atomic E-state index is 0.446. The van der Waals surface area contributed by atoms with E-state index in [0.717, 1.165) is 28.0 Å². The second-order valence-electron chi connectivity index (χ2n) is 6.88. The predicted molar refractivity (Wildman–Crippen MR) is 109 cm³/mol. The number of hydrogen-bond donors (Lipinski definition) is 1. The topological polar surface area (TPSA) is 86.0 Å². The van der Waals surface area contributed by atoms with Gasteiger partial charge in [-0.05, 0) is 50.1 Å². The van der Waals surface area contributed by atoms with Crippen molar-refractivity contribution in [2.45, 2.75) is 25.0 Å². The zero-order chi connectivity index (χ0) is 20.1. The molecule has 1 N–H and O–H groups in total. The minimum atomic E-state index is -3.57. The van der Waals surface area contributed by atoms with Gasteiger partial charge in [0.2, 0.25) is 10.0 Å². The molecule has 0 radical (unpaired) electrons. The summed E-state index contributed by atoms with van der Waals surface area (Å²) in [6.07, 6.45) is 5.94. The summed E-state index contributed by atoms with van der Waals surface area (Å²) in [7, 11) is -1.75. The van der Waals surface area contributed by atoms with Gasteiger partial charge in [-0.2, -0.15) is 5.10 Å². The van der Waals surface area contributed by atoms with Crippen LogP contribution in [0.4, 0.5) is 0 Å². The highest BCUT2D eigenvalue weighted by Crippen LogP contribution is 2.28. The number of nitrogens with zero attached hydrogens (tertiary/aromatic N) is 3. The van der Waals surface area contributed by atoms with Crippen LogP contribution in [-0.2, 0) is 21.9 Å². The first-order chi connectivity index (χ1) is 13.3. The lowest BCUT2D eigenvalue weighted by molar-refractivity contribution is -0.114. The van der Waals surface area contributed by atoms with E-state index in [1.807, 2.05) is 49.0 Å². The largest absolute Gasteiger partial charge is 0.301 e. The van der Waals surface area contributed by atoms with Crippen LogP contribution in [0.25, 0.3) is 22.8 Å². The molecule has 1 aromatic carbocycles. The Labute approximate surface area is 167 Å². The summed E-state index contributed by atoms with van der Waals surface area (Å²) >= 11 is 6.07. The van der Waals surface area contributed by atoms with Crippen LogP contribution in [0.1, 0.15) is 24.1 Å². The molecule has 1 fully saturated rings. The van der Waals surface area contributed by atoms with E-state index in [1.54, 1.807) is 10.8 Å². The molecule has 0 aliphatic heterocycles. The van der Waals surface area contributed by atoms with Gasteiger partial charge in [0.05, 0.1) is 16.5 Å². The number of carbonyl (C=O) groups excluding carboxylic acids is 1. The molecule has 4 rings (SSSR count). The standard InChI is InChI=1S/C19H19ClN4O3S/c1-12-16(6-8-18(25)22-28(26,27)15-4-5-15)19(23(2)21-12)24-10-9-13-11-14(20)3-7-17(13)24/h3,6-11,15H,4-5H2,1-2H3,(H,22,25)/b8-6+. The normalized spacial score (nSPS) is 14.8. The number of aromatic nitrogens is 3. The number of halogens is 1. The summed E-state index contributed by atoms with van der Waals surface area (Å²) < 4.78 is 29.6. The van der Waals surface area contributed by atoms with Crippen LogP contribution in [0.3, 0.4) is 0 Å². The van der Waals surface area contributed by atoms with Gasteiger partial charge in [0, 0.05) is 35.3 Å². The number of amides is 1. The number of rotatable bonds is 5. The Bertz CT molecular complexity index is 1220. The van der Waals surface area contributed by atoms with Gasteiger partial charge < -0.3 is 4.57 Å². The van der Waals surface area contributed by atoms with Crippen molar-refractivity contribution in [3.05, 3.63) is 52.8 Å². The molecule has 0 unspecified atom stereocenters. The molecule has 2 aromatic heterocycles. The molecule has 3 aromatic rings. The fraction of sp³-hybridized carbons (Fsp3) is 0.263. The molecule has 0 spiro atoms. The van der Waals surface area contributed by atoms with Crippen LogP contribution < -0.4 is 4.72 Å². The number of aryl methyl sites for hydroxylation is 2. The Balaban J connectivity index is 1.69. The molecular formula is C19H19ClN4O3S. The number of sulfonamides is 1. The molecule has 7 nitrogen and oxygen atoms in total. The molecule has 1 aliphatic rings. The molecule has 9 heteroatoms. The van der Waals surface area contributed by atoms with E-state index in [0.29, 0.717) is 17.9 Å². The van der Waals surface area contributed by atoms with Crippen molar-refractivity contribution in [2.75, 3.05) is 0 Å². The van der Waals surface area contributed by atoms with Crippen molar-refractivity contribution in [1.29, 1.82) is 0 Å². The maximum absolute atomic E-state index is 12.1. The Morgan fingerprint density at radius 3 is 2.79 bits per heavy atom. The minimum Gasteiger partial charge on any atom is -0.301 e. The molecule has 1 aliphatic carbocycles. The van der Waals surface area contributed by atoms with Crippen LogP contribution >= 0.6 is 11.6 Å². The van der Waals surface area contributed by atoms with E-state index < -0.39 is 21.2 Å². The predicted octanol–water partition coefficient (Wildman–Crippen LogP) is 2.95. The number of nitrogens with one attached hydrogen (secondary N) is 1. The summed E-state index contributed by atoms with van der Waals surface area (Å²) in [5.74, 6) is 0.106. The quantitative estimate of drug-likeness (QED) is 0.645. The average Bonchev–Trinajstić information content (AvgIpc) is 3.35. The Kier molecular flexibility index (Phi) is 4.55. The van der Waals surface area contributed by atoms with Crippen molar-refractivity contribution in [3.63, 3.8) is 0 Å². The van der Waals surface area contributed by atoms with Gasteiger partial charge in [-0.3, -0.25) is 9.48 Å². The molecule has 146 valence electrons. The SMILES string of the molecule is Cc1nn(C)c(-n2ccc3cc(Cl)ccc32)c1/C=C/C(=O)NS(=O)(=O)C1CC1. The summed E-state index contributed by atoms with van der Waals surface area (Å²) in [5.41, 5.74) is 2.40. The number of hydrogen-bond acceptors (Lipinski definition) is 4. The van der Waals surface area contributed by atoms with E-state index in [-0.39, 0.29) is 0 Å². The highest BCUT2D eigenvalue weighted by atomic mass is 35.5. The van der Waals surface area contributed by atoms with Crippen LogP contribution in [0.2, 0.25) is 5.02 Å². The first-order valence-electron chi connectivity index (χ1n) is 8.80. The van der Waals surface area contributed by atoms with Gasteiger partial charge in [-0.25, -0.2) is 13.1 Å². The fourth-order valence-corrected chi connectivity index (χ4v) is 4.69. The van der Waals surface area contributed by atoms with E-state index in [4.69, 9.17) is 11.6 Å². The van der Waals surface area contributed by atoms with Crippen LogP contribution in [0, 0.1) is 6.92 Å². The fourth-order valence-electron chi connectivity index (χ4n) is 3.24. The van der Waals surface area contributed by atoms with Crippen molar-refractivity contribution in [3.8, 4) is 5.82 Å². The lowest BCUT2D eigenvalue weighted by atomic mass is 10.2. The highest BCUT2D eigenvalue weighted by molar-refractivity contribution is 7.91. The van der Waals surface area contributed by atoms with Gasteiger partial charge >= 0.3 is 0 Å². The van der Waals surface area contributed by atoms with Crippen LogP contribution in [0.15, 0.2) is 36.5 Å². The molecule has 1 amide bonds. The summed E-state index contributed by atoms with van der Waals surface area (Å²) in [4.78, 5) is 12.1. The zero-order valence-electron chi connectivity index (χ0n) is 15.4. The molecule has 0 bridgehead atoms. The third-order valence-corrected chi connectivity index (χ3v) is 6.79. The molecule has 28 heavy (non-hydrogen) atoms. The smallest absolute Gasteiger partial charge is 0.257 e. The van der Waals surface area contributed by atoms with Crippen molar-refractivity contribution in [2.24, 2.45) is 7.05 Å². The summed E-state index contributed by atoms with van der Waals surface area (Å²) in [5, 5.41) is 5.64. The first-order valence-corrected chi connectivity index (χ1v) is 10.7. The van der Waals surface area contributed by atoms with Gasteiger partial charge in [-0.1, -0.05) is 11.6 Å². The van der Waals surface area contributed by atoms with Gasteiger partial charge in [0.1, 0.15) is 5.82 Å². The van der Waals surface area contributed by atoms with Crippen molar-refractivity contribution >= 4 is 44.5 Å². The lowest BCUT2D eigenvalue weighted by Gasteiger charge is -2.08. The zero-order valence-corrected chi connectivity index (χ0v) is 17.0. The number of fused-ring (bicyclic) bond motifs is 1. The number of benzene rings is 1. The summed E-state index contributed by atoms with van der Waals surface area (Å²) in [6.45, 7) is 1.84. The van der Waals surface area contributed by atoms with Gasteiger partial charge in [-0.15, -0.1) is 0 Å². The first kappa shape index (κ1) is 18.8. The second-order valence-corrected chi connectivity index (χ2v) is 9.28. The molecule has 2 heterocycles. The van der Waals surface area contributed by atoms with E-state index in [2.05, 4.69) is 9.82 Å². The van der Waals surface area contributed by atoms with E-state index >= 15 is 0 Å². The maximum Gasteiger partial charge on any atom is 0.257 e. The van der Waals surface area contributed by atoms with Crippen LogP contribution in [0.5, 0.6) is 0 Å². The Morgan fingerprint density at radius 2 is 2.07 bits per heavy atom. The second kappa shape index (κ2) is 6.79. The number of carbonyl (C=O) groups is 1. The Hall–Kier alpha value is -2.58. The summed E-state index contributed by atoms with van der Waals surface area (Å²) in [6, 6.07) is 7.56. The third kappa shape index (κ3) is 3.45. The van der Waals surface area contributed by atoms with Crippen molar-refractivity contribution in [1.82, 2.24) is 19.1 Å². The van der Waals surface area contributed by atoms with Crippen LogP contribution in [-0.4, -0.2) is 33.9 Å². The highest BCUT2D eigenvalue weighted by Gasteiger charge is 2.36. The molecule has 0 saturated heterocycles. The van der Waals surface area contributed by atoms with Gasteiger partial charge in [0.25, 0.3) is 5.91 Å². The maximum atomic E-state index is 12.1.